The van der Waals surface area contributed by atoms with E-state index < -0.39 is 0 Å². The lowest BCUT2D eigenvalue weighted by Crippen LogP contribution is -1.96. The quantitative estimate of drug-likeness (QED) is 0.670. The summed E-state index contributed by atoms with van der Waals surface area (Å²) in [5.74, 6) is 2.80. The van der Waals surface area contributed by atoms with Crippen molar-refractivity contribution < 1.29 is 13.9 Å². The molecule has 2 aromatic carbocycles. The van der Waals surface area contributed by atoms with Gasteiger partial charge in [0.05, 0.1) is 12.7 Å². The van der Waals surface area contributed by atoms with Crippen molar-refractivity contribution in [1.29, 1.82) is 0 Å². The average molecular weight is 324 g/mol. The smallest absolute Gasteiger partial charge is 0.254 e. The van der Waals surface area contributed by atoms with E-state index in [0.29, 0.717) is 23.4 Å². The van der Waals surface area contributed by atoms with Gasteiger partial charge in [0.2, 0.25) is 0 Å². The topological polar surface area (TPSA) is 57.4 Å². The Labute approximate surface area is 141 Å². The third-order valence-electron chi connectivity index (χ3n) is 3.71. The highest BCUT2D eigenvalue weighted by Crippen LogP contribution is 2.28. The van der Waals surface area contributed by atoms with E-state index in [2.05, 4.69) is 36.2 Å². The van der Waals surface area contributed by atoms with Gasteiger partial charge in [0.15, 0.2) is 6.61 Å². The standard InChI is InChI=1S/C19H20N2O3/c1-13(2)14-8-10-15(11-9-14)23-12-18-20-21-19(24-18)16-6-4-5-7-17(16)22-3/h4-11,13H,12H2,1-3H3. The third kappa shape index (κ3) is 3.56. The van der Waals surface area contributed by atoms with E-state index in [1.165, 1.54) is 5.56 Å². The van der Waals surface area contributed by atoms with Crippen molar-refractivity contribution in [3.05, 3.63) is 60.0 Å². The Hall–Kier alpha value is -2.82. The van der Waals surface area contributed by atoms with E-state index in [1.807, 2.05) is 36.4 Å². The SMILES string of the molecule is COc1ccccc1-c1nnc(COc2ccc(C(C)C)cc2)o1. The summed E-state index contributed by atoms with van der Waals surface area (Å²) in [6.45, 7) is 4.55. The fourth-order valence-corrected chi connectivity index (χ4v) is 2.34. The number of aromatic nitrogens is 2. The van der Waals surface area contributed by atoms with Gasteiger partial charge in [-0.2, -0.15) is 0 Å². The highest BCUT2D eigenvalue weighted by molar-refractivity contribution is 5.62. The molecule has 24 heavy (non-hydrogen) atoms. The molecular formula is C19H20N2O3. The molecule has 1 heterocycles. The van der Waals surface area contributed by atoms with Crippen molar-refractivity contribution in [3.8, 4) is 23.0 Å². The molecule has 5 nitrogen and oxygen atoms in total. The maximum absolute atomic E-state index is 5.71. The van der Waals surface area contributed by atoms with Crippen LogP contribution in [-0.4, -0.2) is 17.3 Å². The van der Waals surface area contributed by atoms with E-state index in [9.17, 15) is 0 Å². The van der Waals surface area contributed by atoms with Crippen LogP contribution in [0.2, 0.25) is 0 Å². The van der Waals surface area contributed by atoms with E-state index in [-0.39, 0.29) is 6.61 Å². The van der Waals surface area contributed by atoms with Crippen LogP contribution in [-0.2, 0) is 6.61 Å². The molecule has 0 spiro atoms. The van der Waals surface area contributed by atoms with E-state index in [0.717, 1.165) is 11.3 Å². The molecule has 0 aliphatic carbocycles. The Morgan fingerprint density at radius 1 is 1.00 bits per heavy atom. The lowest BCUT2D eigenvalue weighted by molar-refractivity contribution is 0.264. The van der Waals surface area contributed by atoms with Crippen molar-refractivity contribution in [2.75, 3.05) is 7.11 Å². The number of rotatable bonds is 6. The molecule has 3 rings (SSSR count). The molecule has 5 heteroatoms. The van der Waals surface area contributed by atoms with Gasteiger partial charge < -0.3 is 13.9 Å². The summed E-state index contributed by atoms with van der Waals surface area (Å²) in [7, 11) is 1.61. The first kappa shape index (κ1) is 16.1. The van der Waals surface area contributed by atoms with E-state index in [1.54, 1.807) is 7.11 Å². The molecule has 0 N–H and O–H groups in total. The largest absolute Gasteiger partial charge is 0.496 e. The minimum Gasteiger partial charge on any atom is -0.496 e. The summed E-state index contributed by atoms with van der Waals surface area (Å²) in [5, 5.41) is 8.10. The van der Waals surface area contributed by atoms with Gasteiger partial charge in [0.1, 0.15) is 11.5 Å². The van der Waals surface area contributed by atoms with Gasteiger partial charge in [0, 0.05) is 0 Å². The maximum Gasteiger partial charge on any atom is 0.254 e. The molecule has 3 aromatic rings. The monoisotopic (exact) mass is 324 g/mol. The van der Waals surface area contributed by atoms with Crippen LogP contribution in [0.4, 0.5) is 0 Å². The molecule has 0 saturated carbocycles. The zero-order chi connectivity index (χ0) is 16.9. The normalized spacial score (nSPS) is 10.8. The zero-order valence-corrected chi connectivity index (χ0v) is 14.0. The summed E-state index contributed by atoms with van der Waals surface area (Å²) in [6, 6.07) is 15.5. The summed E-state index contributed by atoms with van der Waals surface area (Å²) < 4.78 is 16.7. The Morgan fingerprint density at radius 3 is 2.46 bits per heavy atom. The van der Waals surface area contributed by atoms with Crippen LogP contribution in [0.15, 0.2) is 52.9 Å². The molecule has 0 aliphatic heterocycles. The predicted molar refractivity (Wildman–Crippen MR) is 91.1 cm³/mol. The predicted octanol–water partition coefficient (Wildman–Crippen LogP) is 4.45. The first-order valence-electron chi connectivity index (χ1n) is 7.86. The van der Waals surface area contributed by atoms with Crippen molar-refractivity contribution in [2.24, 2.45) is 0 Å². The highest BCUT2D eigenvalue weighted by Gasteiger charge is 2.13. The van der Waals surface area contributed by atoms with Gasteiger partial charge in [-0.1, -0.05) is 38.1 Å². The molecule has 0 unspecified atom stereocenters. The molecule has 0 fully saturated rings. The van der Waals surface area contributed by atoms with Crippen LogP contribution in [0, 0.1) is 0 Å². The average Bonchev–Trinajstić information content (AvgIpc) is 3.09. The fraction of sp³-hybridized carbons (Fsp3) is 0.263. The summed E-state index contributed by atoms with van der Waals surface area (Å²) in [5.41, 5.74) is 2.04. The highest BCUT2D eigenvalue weighted by atomic mass is 16.5. The Kier molecular flexibility index (Phi) is 4.79. The van der Waals surface area contributed by atoms with Gasteiger partial charge in [-0.15, -0.1) is 10.2 Å². The third-order valence-corrected chi connectivity index (χ3v) is 3.71. The second-order valence-corrected chi connectivity index (χ2v) is 5.71. The van der Waals surface area contributed by atoms with Crippen molar-refractivity contribution >= 4 is 0 Å². The van der Waals surface area contributed by atoms with Gasteiger partial charge in [-0.25, -0.2) is 0 Å². The summed E-state index contributed by atoms with van der Waals surface area (Å²) >= 11 is 0. The van der Waals surface area contributed by atoms with Crippen LogP contribution < -0.4 is 9.47 Å². The molecule has 1 aromatic heterocycles. The molecule has 0 bridgehead atoms. The number of hydrogen-bond acceptors (Lipinski definition) is 5. The molecule has 0 amide bonds. The lowest BCUT2D eigenvalue weighted by Gasteiger charge is -2.07. The van der Waals surface area contributed by atoms with Crippen LogP contribution in [0.1, 0.15) is 31.2 Å². The van der Waals surface area contributed by atoms with E-state index in [4.69, 9.17) is 13.9 Å². The summed E-state index contributed by atoms with van der Waals surface area (Å²) in [6.07, 6.45) is 0. The molecule has 0 saturated heterocycles. The molecule has 0 radical (unpaired) electrons. The Morgan fingerprint density at radius 2 is 1.75 bits per heavy atom. The van der Waals surface area contributed by atoms with E-state index >= 15 is 0 Å². The first-order valence-corrected chi connectivity index (χ1v) is 7.86. The fourth-order valence-electron chi connectivity index (χ4n) is 2.34. The molecular weight excluding hydrogens is 304 g/mol. The van der Waals surface area contributed by atoms with Crippen LogP contribution in [0.3, 0.4) is 0 Å². The number of benzene rings is 2. The first-order chi connectivity index (χ1) is 11.7. The number of hydrogen-bond donors (Lipinski definition) is 0. The number of ether oxygens (including phenoxy) is 2. The minimum atomic E-state index is 0.225. The van der Waals surface area contributed by atoms with Gasteiger partial charge in [0.25, 0.3) is 11.8 Å². The van der Waals surface area contributed by atoms with Crippen molar-refractivity contribution in [3.63, 3.8) is 0 Å². The molecule has 124 valence electrons. The van der Waals surface area contributed by atoms with Gasteiger partial charge in [-0.3, -0.25) is 0 Å². The Bertz CT molecular complexity index is 794. The van der Waals surface area contributed by atoms with Gasteiger partial charge in [-0.05, 0) is 35.7 Å². The zero-order valence-electron chi connectivity index (χ0n) is 14.0. The molecule has 0 aliphatic rings. The van der Waals surface area contributed by atoms with Crippen molar-refractivity contribution in [1.82, 2.24) is 10.2 Å². The number of para-hydroxylation sites is 1. The minimum absolute atomic E-state index is 0.225. The number of methoxy groups -OCH3 is 1. The van der Waals surface area contributed by atoms with Crippen LogP contribution in [0.25, 0.3) is 11.5 Å². The second-order valence-electron chi connectivity index (χ2n) is 5.71. The van der Waals surface area contributed by atoms with Gasteiger partial charge >= 0.3 is 0 Å². The maximum atomic E-state index is 5.71. The second kappa shape index (κ2) is 7.17. The lowest BCUT2D eigenvalue weighted by atomic mass is 10.0. The van der Waals surface area contributed by atoms with Crippen molar-refractivity contribution in [2.45, 2.75) is 26.4 Å². The number of nitrogens with zero attached hydrogens (tertiary/aromatic N) is 2. The summed E-state index contributed by atoms with van der Waals surface area (Å²) in [4.78, 5) is 0. The molecule has 0 atom stereocenters. The van der Waals surface area contributed by atoms with Crippen LogP contribution in [0.5, 0.6) is 11.5 Å². The Balaban J connectivity index is 1.68. The van der Waals surface area contributed by atoms with Crippen LogP contribution >= 0.6 is 0 Å².